The fourth-order valence-corrected chi connectivity index (χ4v) is 7.54. The van der Waals surface area contributed by atoms with Gasteiger partial charge in [0.15, 0.2) is 0 Å². The Hall–Kier alpha value is -5.48. The van der Waals surface area contributed by atoms with Crippen LogP contribution >= 0.6 is 0 Å². The van der Waals surface area contributed by atoms with Crippen LogP contribution in [0.2, 0.25) is 0 Å². The van der Waals surface area contributed by atoms with Crippen LogP contribution in [0.3, 0.4) is 0 Å². The first-order valence-electron chi connectivity index (χ1n) is 17.2. The van der Waals surface area contributed by atoms with Gasteiger partial charge in [-0.05, 0) is 110 Å². The third-order valence-corrected chi connectivity index (χ3v) is 10.9. The fraction of sp³-hybridized carbons (Fsp3) is 0.300. The topological polar surface area (TPSA) is 146 Å². The molecular weight excluding hydrogens is 771 g/mol. The van der Waals surface area contributed by atoms with Gasteiger partial charge in [-0.15, -0.1) is 0 Å². The molecule has 12 nitrogen and oxygen atoms in total. The lowest BCUT2D eigenvalue weighted by atomic mass is 9.82. The molecule has 2 amide bonds. The molecule has 0 aliphatic carbocycles. The van der Waals surface area contributed by atoms with Gasteiger partial charge >= 0.3 is 21.0 Å². The Morgan fingerprint density at radius 1 is 0.607 bits per heavy atom. The summed E-state index contributed by atoms with van der Waals surface area (Å²) in [6, 6.07) is 16.1. The molecule has 0 aromatic heterocycles. The Labute approximate surface area is 326 Å². The first-order valence-corrected chi connectivity index (χ1v) is 19.8. The quantitative estimate of drug-likeness (QED) is 0.0884. The van der Waals surface area contributed by atoms with Gasteiger partial charge in [-0.2, -0.15) is 16.8 Å². The van der Waals surface area contributed by atoms with E-state index in [0.717, 1.165) is 22.3 Å². The number of rotatable bonds is 10. The fourth-order valence-electron chi connectivity index (χ4n) is 6.75. The third kappa shape index (κ3) is 8.35. The molecule has 2 fully saturated rings. The number of halogens is 2. The number of anilines is 2. The zero-order chi connectivity index (χ0) is 41.6. The van der Waals surface area contributed by atoms with Crippen molar-refractivity contribution < 1.29 is 52.0 Å². The molecule has 2 heterocycles. The van der Waals surface area contributed by atoms with E-state index in [2.05, 4.69) is 14.9 Å². The van der Waals surface area contributed by atoms with E-state index >= 15 is 0 Å². The van der Waals surface area contributed by atoms with Gasteiger partial charge in [0.25, 0.3) is 5.91 Å². The van der Waals surface area contributed by atoms with Crippen LogP contribution < -0.4 is 27.6 Å². The Bertz CT molecular complexity index is 2490. The molecule has 56 heavy (non-hydrogen) atoms. The van der Waals surface area contributed by atoms with Crippen molar-refractivity contribution in [3.8, 4) is 23.0 Å². The van der Waals surface area contributed by atoms with Gasteiger partial charge in [0.05, 0.1) is 32.2 Å². The Balaban J connectivity index is 0.000000214. The highest BCUT2D eigenvalue weighted by Crippen LogP contribution is 2.47. The third-order valence-electron chi connectivity index (χ3n) is 10.1. The molecular formula is C40H42F2N2O10S2. The van der Waals surface area contributed by atoms with Gasteiger partial charge in [0, 0.05) is 29.1 Å². The van der Waals surface area contributed by atoms with E-state index in [1.807, 2.05) is 39.8 Å². The predicted octanol–water partition coefficient (Wildman–Crippen LogP) is 7.80. The molecule has 2 aliphatic heterocycles. The number of aryl methyl sites for hydroxylation is 4. The van der Waals surface area contributed by atoms with E-state index in [0.29, 0.717) is 50.7 Å². The average molecular weight is 813 g/mol. The summed E-state index contributed by atoms with van der Waals surface area (Å²) in [4.78, 5) is 28.3. The lowest BCUT2D eigenvalue weighted by Crippen LogP contribution is -2.54. The number of hydrogen-bond acceptors (Lipinski definition) is 10. The van der Waals surface area contributed by atoms with Crippen molar-refractivity contribution in [2.45, 2.75) is 60.5 Å². The Morgan fingerprint density at radius 2 is 1.04 bits per heavy atom. The second-order valence-corrected chi connectivity index (χ2v) is 15.6. The lowest BCUT2D eigenvalue weighted by molar-refractivity contribution is -0.129. The van der Waals surface area contributed by atoms with Gasteiger partial charge < -0.3 is 22.7 Å². The zero-order valence-corrected chi connectivity index (χ0v) is 33.9. The highest BCUT2D eigenvalue weighted by molar-refractivity contribution is 7.82. The summed E-state index contributed by atoms with van der Waals surface area (Å²) >= 11 is 0. The number of hydrogen-bond donors (Lipinski definition) is 0. The average Bonchev–Trinajstić information content (AvgIpc) is 3.12. The van der Waals surface area contributed by atoms with Crippen molar-refractivity contribution in [2.75, 3.05) is 24.0 Å². The minimum absolute atomic E-state index is 0.0588. The molecule has 0 radical (unpaired) electrons. The van der Waals surface area contributed by atoms with E-state index in [1.165, 1.54) is 17.0 Å². The van der Waals surface area contributed by atoms with Crippen LogP contribution in [0.15, 0.2) is 72.8 Å². The van der Waals surface area contributed by atoms with E-state index in [-0.39, 0.29) is 35.3 Å². The number of carbonyl (C=O) groups excluding carboxylic acids is 2. The number of nitrogens with zero attached hydrogens (tertiary/aromatic N) is 2. The summed E-state index contributed by atoms with van der Waals surface area (Å²) < 4.78 is 89.2. The predicted molar refractivity (Wildman–Crippen MR) is 207 cm³/mol. The summed E-state index contributed by atoms with van der Waals surface area (Å²) in [6.45, 7) is 16.6. The summed E-state index contributed by atoms with van der Waals surface area (Å²) in [5.74, 6) is 0.472. The normalized spacial score (nSPS) is 18.1. The Morgan fingerprint density at radius 3 is 1.48 bits per heavy atom. The summed E-state index contributed by atoms with van der Waals surface area (Å²) in [6.07, 6.45) is 0. The zero-order valence-electron chi connectivity index (χ0n) is 32.3. The Kier molecular flexibility index (Phi) is 11.6. The van der Waals surface area contributed by atoms with Crippen LogP contribution in [0.1, 0.15) is 63.5 Å². The monoisotopic (exact) mass is 812 g/mol. The highest BCUT2D eigenvalue weighted by atomic mass is 32.3. The molecule has 2 saturated heterocycles. The standard InChI is InChI=1S/C20H22FNO5S.C20H20FNO5S/c2*1-11-6-7-15(9-17(11)27-28(21,24)25)19-14(4)20(23)22(19)16-8-12(2)13(3)18(10-16)26-5/h6-10,14,19H,1-5H3;6-10,19H,4H2,1-3,5H3/t14-,19-;19-/m11/s1. The molecule has 298 valence electrons. The van der Waals surface area contributed by atoms with Crippen molar-refractivity contribution in [2.24, 2.45) is 5.92 Å². The molecule has 6 rings (SSSR count). The van der Waals surface area contributed by atoms with Crippen molar-refractivity contribution in [3.63, 3.8) is 0 Å². The molecule has 0 unspecified atom stereocenters. The van der Waals surface area contributed by atoms with Crippen LogP contribution in [0.25, 0.3) is 0 Å². The van der Waals surface area contributed by atoms with E-state index in [4.69, 9.17) is 9.47 Å². The molecule has 0 N–H and O–H groups in total. The van der Waals surface area contributed by atoms with Gasteiger partial charge in [0.1, 0.15) is 23.0 Å². The van der Waals surface area contributed by atoms with Crippen LogP contribution in [0.5, 0.6) is 23.0 Å². The summed E-state index contributed by atoms with van der Waals surface area (Å²) in [5, 5.41) is 0. The van der Waals surface area contributed by atoms with Crippen molar-refractivity contribution in [1.29, 1.82) is 0 Å². The first-order chi connectivity index (χ1) is 26.1. The van der Waals surface area contributed by atoms with Crippen LogP contribution in [0.4, 0.5) is 19.1 Å². The van der Waals surface area contributed by atoms with Gasteiger partial charge in [-0.25, -0.2) is 0 Å². The van der Waals surface area contributed by atoms with Gasteiger partial charge in [0.2, 0.25) is 5.91 Å². The van der Waals surface area contributed by atoms with Crippen LogP contribution in [-0.4, -0.2) is 42.9 Å². The minimum Gasteiger partial charge on any atom is -0.496 e. The minimum atomic E-state index is -5.16. The number of benzene rings is 4. The summed E-state index contributed by atoms with van der Waals surface area (Å²) in [7, 11) is -7.17. The molecule has 3 atom stereocenters. The number of methoxy groups -OCH3 is 2. The maximum Gasteiger partial charge on any atom is 0.488 e. The van der Waals surface area contributed by atoms with Gasteiger partial charge in [-0.1, -0.05) is 45.5 Å². The number of ether oxygens (including phenoxy) is 2. The summed E-state index contributed by atoms with van der Waals surface area (Å²) in [5.41, 5.74) is 7.69. The molecule has 0 bridgehead atoms. The highest BCUT2D eigenvalue weighted by Gasteiger charge is 2.46. The van der Waals surface area contributed by atoms with E-state index in [9.17, 15) is 34.2 Å². The molecule has 16 heteroatoms. The van der Waals surface area contributed by atoms with Crippen LogP contribution in [-0.2, 0) is 30.6 Å². The number of amides is 2. The maximum absolute atomic E-state index is 13.0. The second-order valence-electron chi connectivity index (χ2n) is 13.7. The molecule has 0 saturated carbocycles. The van der Waals surface area contributed by atoms with Gasteiger partial charge in [-0.3, -0.25) is 14.5 Å². The maximum atomic E-state index is 13.0. The SMILES string of the molecule is C=C1C(=O)N(c2cc(C)c(C)c(OC)c2)[C@H]1c1ccc(C)c(OS(=O)(=O)F)c1.COc1cc(N2C(=O)[C@H](C)[C@@H]2c2ccc(C)c(OS(=O)(=O)F)c2)cc(C)c1C. The van der Waals surface area contributed by atoms with Crippen LogP contribution in [0, 0.1) is 47.5 Å². The van der Waals surface area contributed by atoms with Crippen molar-refractivity contribution >= 4 is 44.2 Å². The molecule has 2 aliphatic rings. The number of carbonyl (C=O) groups is 2. The molecule has 4 aromatic rings. The number of β-lactam (4-membered cyclic amide) rings is 2. The van der Waals surface area contributed by atoms with Crippen molar-refractivity contribution in [1.82, 2.24) is 0 Å². The lowest BCUT2D eigenvalue weighted by Gasteiger charge is -2.46. The molecule has 4 aromatic carbocycles. The largest absolute Gasteiger partial charge is 0.496 e. The first kappa shape index (κ1) is 41.7. The second kappa shape index (κ2) is 15.6. The smallest absolute Gasteiger partial charge is 0.488 e. The molecule has 0 spiro atoms. The van der Waals surface area contributed by atoms with E-state index in [1.54, 1.807) is 76.3 Å². The van der Waals surface area contributed by atoms with Crippen molar-refractivity contribution in [3.05, 3.63) is 117 Å². The van der Waals surface area contributed by atoms with E-state index < -0.39 is 27.1 Å².